The first kappa shape index (κ1) is 8.02. The Morgan fingerprint density at radius 2 is 2.00 bits per heavy atom. The first-order valence-corrected chi connectivity index (χ1v) is 3.90. The molecule has 2 nitrogen and oxygen atoms in total. The van der Waals surface area contributed by atoms with Crippen LogP contribution in [0.25, 0.3) is 0 Å². The molecule has 0 heterocycles. The Balaban J connectivity index is 2.25. The van der Waals surface area contributed by atoms with Crippen LogP contribution in [0.4, 0.5) is 0 Å². The van der Waals surface area contributed by atoms with Gasteiger partial charge in [0.25, 0.3) is 0 Å². The molecule has 0 spiro atoms. The van der Waals surface area contributed by atoms with Gasteiger partial charge in [-0.25, -0.2) is 0 Å². The molecule has 1 fully saturated rings. The second-order valence-electron chi connectivity index (χ2n) is 3.85. The van der Waals surface area contributed by atoms with Gasteiger partial charge in [-0.1, -0.05) is 12.8 Å². The summed E-state index contributed by atoms with van der Waals surface area (Å²) in [6, 6.07) is 0. The summed E-state index contributed by atoms with van der Waals surface area (Å²) in [4.78, 5) is 0. The van der Waals surface area contributed by atoms with Gasteiger partial charge in [0.05, 0.1) is 11.7 Å². The summed E-state index contributed by atoms with van der Waals surface area (Å²) in [5.74, 6) is 0.682. The Labute approximate surface area is 61.9 Å². The molecule has 1 rings (SSSR count). The number of aliphatic hydroxyl groups excluding tert-OH is 1. The molecule has 10 heavy (non-hydrogen) atoms. The molecule has 1 aliphatic rings. The molecule has 0 bridgehead atoms. The topological polar surface area (TPSA) is 40.5 Å². The number of aliphatic hydroxyl groups is 2. The predicted molar refractivity (Wildman–Crippen MR) is 39.6 cm³/mol. The second kappa shape index (κ2) is 2.51. The first-order valence-electron chi connectivity index (χ1n) is 3.90. The second-order valence-corrected chi connectivity index (χ2v) is 3.85. The van der Waals surface area contributed by atoms with Crippen LogP contribution in [0.15, 0.2) is 0 Å². The van der Waals surface area contributed by atoms with Crippen molar-refractivity contribution in [3.05, 3.63) is 0 Å². The summed E-state index contributed by atoms with van der Waals surface area (Å²) in [6.07, 6.45) is 2.68. The van der Waals surface area contributed by atoms with Crippen molar-refractivity contribution in [2.75, 3.05) is 0 Å². The maximum absolute atomic E-state index is 9.35. The molecule has 0 aromatic heterocycles. The third-order valence-electron chi connectivity index (χ3n) is 2.07. The van der Waals surface area contributed by atoms with Gasteiger partial charge in [-0.3, -0.25) is 0 Å². The van der Waals surface area contributed by atoms with Crippen LogP contribution in [0.5, 0.6) is 0 Å². The fourth-order valence-corrected chi connectivity index (χ4v) is 0.958. The maximum atomic E-state index is 9.35. The Kier molecular flexibility index (Phi) is 2.02. The van der Waals surface area contributed by atoms with Crippen LogP contribution < -0.4 is 0 Å². The number of rotatable bonds is 3. The molecule has 0 aromatic rings. The van der Waals surface area contributed by atoms with Crippen LogP contribution >= 0.6 is 0 Å². The third-order valence-corrected chi connectivity index (χ3v) is 2.07. The van der Waals surface area contributed by atoms with E-state index in [1.165, 1.54) is 12.8 Å². The minimum Gasteiger partial charge on any atom is -0.390 e. The number of hydrogen-bond donors (Lipinski definition) is 2. The molecule has 1 saturated carbocycles. The fourth-order valence-electron chi connectivity index (χ4n) is 0.958. The normalized spacial score (nSPS) is 22.8. The summed E-state index contributed by atoms with van der Waals surface area (Å²) < 4.78 is 0. The maximum Gasteiger partial charge on any atom is 0.0849 e. The van der Waals surface area contributed by atoms with Crippen LogP contribution in [0, 0.1) is 5.92 Å². The first-order chi connectivity index (χ1) is 4.50. The van der Waals surface area contributed by atoms with E-state index in [-0.39, 0.29) is 0 Å². The average Bonchev–Trinajstić information content (AvgIpc) is 2.47. The highest BCUT2D eigenvalue weighted by molar-refractivity contribution is 4.83. The standard InChI is InChI=1S/C8H16O2/c1-8(2,10)7(9)5-6-3-4-6/h6-7,9-10H,3-5H2,1-2H3. The molecule has 2 N–H and O–H groups in total. The van der Waals surface area contributed by atoms with Crippen molar-refractivity contribution in [3.63, 3.8) is 0 Å². The van der Waals surface area contributed by atoms with Crippen molar-refractivity contribution in [3.8, 4) is 0 Å². The van der Waals surface area contributed by atoms with Gasteiger partial charge in [-0.2, -0.15) is 0 Å². The average molecular weight is 144 g/mol. The van der Waals surface area contributed by atoms with E-state index in [9.17, 15) is 10.2 Å². The minimum atomic E-state index is -0.914. The van der Waals surface area contributed by atoms with Gasteiger partial charge in [0.15, 0.2) is 0 Å². The molecule has 0 amide bonds. The van der Waals surface area contributed by atoms with Crippen LogP contribution in [-0.2, 0) is 0 Å². The van der Waals surface area contributed by atoms with Crippen molar-refractivity contribution in [2.45, 2.75) is 44.8 Å². The predicted octanol–water partition coefficient (Wildman–Crippen LogP) is 0.918. The minimum absolute atomic E-state index is 0.542. The lowest BCUT2D eigenvalue weighted by atomic mass is 9.97. The molecule has 1 atom stereocenters. The SMILES string of the molecule is CC(C)(O)C(O)CC1CC1. The van der Waals surface area contributed by atoms with Crippen LogP contribution in [-0.4, -0.2) is 21.9 Å². The van der Waals surface area contributed by atoms with Crippen molar-refractivity contribution in [1.82, 2.24) is 0 Å². The molecule has 0 aliphatic heterocycles. The van der Waals surface area contributed by atoms with Gasteiger partial charge >= 0.3 is 0 Å². The largest absolute Gasteiger partial charge is 0.390 e. The molecular formula is C8H16O2. The van der Waals surface area contributed by atoms with E-state index in [0.29, 0.717) is 5.92 Å². The molecular weight excluding hydrogens is 128 g/mol. The van der Waals surface area contributed by atoms with E-state index < -0.39 is 11.7 Å². The molecule has 0 aromatic carbocycles. The van der Waals surface area contributed by atoms with E-state index in [2.05, 4.69) is 0 Å². The lowest BCUT2D eigenvalue weighted by Crippen LogP contribution is -2.36. The highest BCUT2D eigenvalue weighted by Gasteiger charge is 2.31. The zero-order chi connectivity index (χ0) is 7.78. The Morgan fingerprint density at radius 1 is 1.50 bits per heavy atom. The summed E-state index contributed by atoms with van der Waals surface area (Å²) in [7, 11) is 0. The zero-order valence-electron chi connectivity index (χ0n) is 6.67. The van der Waals surface area contributed by atoms with Gasteiger partial charge in [0.2, 0.25) is 0 Å². The van der Waals surface area contributed by atoms with Crippen molar-refractivity contribution < 1.29 is 10.2 Å². The highest BCUT2D eigenvalue weighted by Crippen LogP contribution is 2.35. The molecule has 2 heteroatoms. The van der Waals surface area contributed by atoms with E-state index in [4.69, 9.17) is 0 Å². The Bertz CT molecular complexity index is 111. The van der Waals surface area contributed by atoms with Crippen LogP contribution in [0.1, 0.15) is 33.1 Å². The lowest BCUT2D eigenvalue weighted by molar-refractivity contribution is -0.0536. The van der Waals surface area contributed by atoms with E-state index >= 15 is 0 Å². The van der Waals surface area contributed by atoms with Crippen molar-refractivity contribution >= 4 is 0 Å². The van der Waals surface area contributed by atoms with E-state index in [1.807, 2.05) is 0 Å². The van der Waals surface area contributed by atoms with Crippen molar-refractivity contribution in [2.24, 2.45) is 5.92 Å². The summed E-state index contributed by atoms with van der Waals surface area (Å²) in [5.41, 5.74) is -0.914. The van der Waals surface area contributed by atoms with Gasteiger partial charge < -0.3 is 10.2 Å². The van der Waals surface area contributed by atoms with Gasteiger partial charge in [0.1, 0.15) is 0 Å². The van der Waals surface area contributed by atoms with Gasteiger partial charge in [0, 0.05) is 0 Å². The Morgan fingerprint density at radius 3 is 2.30 bits per heavy atom. The molecule has 1 aliphatic carbocycles. The van der Waals surface area contributed by atoms with E-state index in [1.54, 1.807) is 13.8 Å². The lowest BCUT2D eigenvalue weighted by Gasteiger charge is -2.24. The monoisotopic (exact) mass is 144 g/mol. The Hall–Kier alpha value is -0.0800. The summed E-state index contributed by atoms with van der Waals surface area (Å²) in [6.45, 7) is 3.31. The van der Waals surface area contributed by atoms with Crippen LogP contribution in [0.2, 0.25) is 0 Å². The fraction of sp³-hybridized carbons (Fsp3) is 1.00. The van der Waals surface area contributed by atoms with E-state index in [0.717, 1.165) is 6.42 Å². The molecule has 0 radical (unpaired) electrons. The van der Waals surface area contributed by atoms with Crippen LogP contribution in [0.3, 0.4) is 0 Å². The molecule has 0 saturated heterocycles. The highest BCUT2D eigenvalue weighted by atomic mass is 16.3. The number of hydrogen-bond acceptors (Lipinski definition) is 2. The smallest absolute Gasteiger partial charge is 0.0849 e. The summed E-state index contributed by atoms with van der Waals surface area (Å²) in [5, 5.41) is 18.7. The quantitative estimate of drug-likeness (QED) is 0.618. The third kappa shape index (κ3) is 2.27. The molecule has 1 unspecified atom stereocenters. The zero-order valence-corrected chi connectivity index (χ0v) is 6.67. The van der Waals surface area contributed by atoms with Gasteiger partial charge in [-0.05, 0) is 26.2 Å². The van der Waals surface area contributed by atoms with Gasteiger partial charge in [-0.15, -0.1) is 0 Å². The molecule has 60 valence electrons. The summed E-state index contributed by atoms with van der Waals surface area (Å²) >= 11 is 0. The van der Waals surface area contributed by atoms with Crippen molar-refractivity contribution in [1.29, 1.82) is 0 Å².